The van der Waals surface area contributed by atoms with Crippen molar-refractivity contribution in [3.05, 3.63) is 69.7 Å². The smallest absolute Gasteiger partial charge is 0.312 e. The van der Waals surface area contributed by atoms with Crippen molar-refractivity contribution in [2.75, 3.05) is 13.1 Å². The fourth-order valence-corrected chi connectivity index (χ4v) is 5.17. The molecule has 0 N–H and O–H groups in total. The minimum atomic E-state index is -3.77. The minimum absolute atomic E-state index is 0.0390. The van der Waals surface area contributed by atoms with E-state index in [0.717, 1.165) is 24.3 Å². The Bertz CT molecular complexity index is 1210. The van der Waals surface area contributed by atoms with Crippen LogP contribution in [0.5, 0.6) is 11.5 Å². The number of benzene rings is 3. The number of hydrogen-bond donors (Lipinski definition) is 0. The number of fused-ring (bicyclic) bond motifs is 1. The van der Waals surface area contributed by atoms with Crippen molar-refractivity contribution in [1.82, 2.24) is 4.31 Å². The van der Waals surface area contributed by atoms with Gasteiger partial charge in [0.2, 0.25) is 15.8 Å². The summed E-state index contributed by atoms with van der Waals surface area (Å²) in [6.45, 7) is 0.844. The predicted molar refractivity (Wildman–Crippen MR) is 110 cm³/mol. The van der Waals surface area contributed by atoms with Crippen LogP contribution < -0.4 is 4.74 Å². The Hall–Kier alpha value is -2.68. The number of hydrogen-bond acceptors (Lipinski definition) is 5. The van der Waals surface area contributed by atoms with Gasteiger partial charge in [-0.2, -0.15) is 4.31 Å². The van der Waals surface area contributed by atoms with Gasteiger partial charge in [-0.3, -0.25) is 10.1 Å². The lowest BCUT2D eigenvalue weighted by Crippen LogP contribution is -2.27. The zero-order valence-electron chi connectivity index (χ0n) is 15.2. The molecule has 1 fully saturated rings. The lowest BCUT2D eigenvalue weighted by Gasteiger charge is -2.16. The minimum Gasteiger partial charge on any atom is -0.449 e. The second-order valence-electron chi connectivity index (χ2n) is 6.69. The third kappa shape index (κ3) is 3.66. The highest BCUT2D eigenvalue weighted by Crippen LogP contribution is 2.38. The first kappa shape index (κ1) is 19.6. The third-order valence-electron chi connectivity index (χ3n) is 4.88. The van der Waals surface area contributed by atoms with Gasteiger partial charge in [-0.15, -0.1) is 0 Å². The number of nitro benzene ring substituents is 1. The Morgan fingerprint density at radius 3 is 2.31 bits per heavy atom. The van der Waals surface area contributed by atoms with Gasteiger partial charge in [-0.25, -0.2) is 8.42 Å². The number of ether oxygens (including phenoxy) is 1. The van der Waals surface area contributed by atoms with Crippen molar-refractivity contribution in [1.29, 1.82) is 0 Å². The van der Waals surface area contributed by atoms with Gasteiger partial charge in [0.25, 0.3) is 0 Å². The van der Waals surface area contributed by atoms with Crippen LogP contribution in [0.1, 0.15) is 12.8 Å². The molecular weight excluding hydrogens is 416 g/mol. The highest BCUT2D eigenvalue weighted by Gasteiger charge is 2.30. The summed E-state index contributed by atoms with van der Waals surface area (Å²) in [4.78, 5) is 10.9. The van der Waals surface area contributed by atoms with Gasteiger partial charge in [0.05, 0.1) is 9.82 Å². The first-order valence-corrected chi connectivity index (χ1v) is 10.8. The fraction of sp³-hybridized carbons (Fsp3) is 0.200. The number of halogens is 1. The summed E-state index contributed by atoms with van der Waals surface area (Å²) < 4.78 is 32.6. The lowest BCUT2D eigenvalue weighted by molar-refractivity contribution is -0.385. The van der Waals surface area contributed by atoms with Crippen molar-refractivity contribution in [2.45, 2.75) is 17.7 Å². The Labute approximate surface area is 172 Å². The molecule has 0 bridgehead atoms. The van der Waals surface area contributed by atoms with Crippen LogP contribution >= 0.6 is 11.6 Å². The SMILES string of the molecule is O=[N+]([O-])c1cc(S(=O)(=O)N2CCCC2)ccc1Oc1ccc(Cl)c2ccccc12. The highest BCUT2D eigenvalue weighted by molar-refractivity contribution is 7.89. The van der Waals surface area contributed by atoms with Gasteiger partial charge in [-0.05, 0) is 37.1 Å². The molecule has 0 aliphatic carbocycles. The molecule has 3 aromatic rings. The number of sulfonamides is 1. The Kier molecular flexibility index (Phi) is 5.16. The van der Waals surface area contributed by atoms with Crippen LogP contribution in [0.3, 0.4) is 0 Å². The molecule has 0 atom stereocenters. The van der Waals surface area contributed by atoms with E-state index in [-0.39, 0.29) is 10.6 Å². The topological polar surface area (TPSA) is 89.8 Å². The van der Waals surface area contributed by atoms with Crippen LogP contribution in [0.4, 0.5) is 5.69 Å². The van der Waals surface area contributed by atoms with Gasteiger partial charge >= 0.3 is 5.69 Å². The van der Waals surface area contributed by atoms with E-state index in [0.29, 0.717) is 29.2 Å². The second kappa shape index (κ2) is 7.62. The van der Waals surface area contributed by atoms with Gasteiger partial charge in [0.1, 0.15) is 5.75 Å². The first-order valence-electron chi connectivity index (χ1n) is 9.01. The van der Waals surface area contributed by atoms with Crippen molar-refractivity contribution in [3.8, 4) is 11.5 Å². The number of nitro groups is 1. The maximum Gasteiger partial charge on any atom is 0.312 e. The van der Waals surface area contributed by atoms with Crippen LogP contribution in [0.2, 0.25) is 5.02 Å². The van der Waals surface area contributed by atoms with E-state index in [9.17, 15) is 18.5 Å². The van der Waals surface area contributed by atoms with Crippen molar-refractivity contribution in [3.63, 3.8) is 0 Å². The van der Waals surface area contributed by atoms with Crippen LogP contribution in [0.15, 0.2) is 59.5 Å². The predicted octanol–water partition coefficient (Wildman–Crippen LogP) is 4.98. The molecule has 1 heterocycles. The summed E-state index contributed by atoms with van der Waals surface area (Å²) in [5.41, 5.74) is -0.413. The van der Waals surface area contributed by atoms with Crippen LogP contribution in [0, 0.1) is 10.1 Å². The summed E-state index contributed by atoms with van der Waals surface area (Å²) in [7, 11) is -3.77. The van der Waals surface area contributed by atoms with Gasteiger partial charge < -0.3 is 4.74 Å². The molecule has 0 saturated carbocycles. The fourth-order valence-electron chi connectivity index (χ4n) is 3.41. The zero-order valence-corrected chi connectivity index (χ0v) is 16.8. The normalized spacial score (nSPS) is 14.9. The van der Waals surface area contributed by atoms with Crippen molar-refractivity contribution < 1.29 is 18.1 Å². The van der Waals surface area contributed by atoms with E-state index >= 15 is 0 Å². The molecule has 0 amide bonds. The van der Waals surface area contributed by atoms with Gasteiger partial charge in [0, 0.05) is 35.0 Å². The first-order chi connectivity index (χ1) is 13.9. The van der Waals surface area contributed by atoms with Gasteiger partial charge in [0.15, 0.2) is 0 Å². The molecule has 3 aromatic carbocycles. The maximum atomic E-state index is 12.7. The summed E-state index contributed by atoms with van der Waals surface area (Å²) in [5, 5.41) is 13.6. The highest BCUT2D eigenvalue weighted by atomic mass is 35.5. The Morgan fingerprint density at radius 1 is 0.966 bits per heavy atom. The summed E-state index contributed by atoms with van der Waals surface area (Å²) >= 11 is 6.21. The molecule has 29 heavy (non-hydrogen) atoms. The average Bonchev–Trinajstić information content (AvgIpc) is 3.26. The molecule has 0 spiro atoms. The number of nitrogens with zero attached hydrogens (tertiary/aromatic N) is 2. The van der Waals surface area contributed by atoms with E-state index in [1.165, 1.54) is 16.4 Å². The van der Waals surface area contributed by atoms with Crippen molar-refractivity contribution in [2.24, 2.45) is 0 Å². The van der Waals surface area contributed by atoms with E-state index in [1.807, 2.05) is 18.2 Å². The van der Waals surface area contributed by atoms with E-state index in [2.05, 4.69) is 0 Å². The molecule has 0 aromatic heterocycles. The standard InChI is InChI=1S/C20H17ClN2O5S/c21-17-8-10-19(16-6-2-1-5-15(16)17)28-20-9-7-14(13-18(20)23(24)25)29(26,27)22-11-3-4-12-22/h1-2,5-10,13H,3-4,11-12H2. The molecule has 1 aliphatic heterocycles. The van der Waals surface area contributed by atoms with E-state index in [1.54, 1.807) is 18.2 Å². The molecule has 7 nitrogen and oxygen atoms in total. The van der Waals surface area contributed by atoms with Crippen LogP contribution in [-0.2, 0) is 10.0 Å². The van der Waals surface area contributed by atoms with E-state index in [4.69, 9.17) is 16.3 Å². The quantitative estimate of drug-likeness (QED) is 0.419. The van der Waals surface area contributed by atoms with E-state index < -0.39 is 20.6 Å². The molecule has 9 heteroatoms. The van der Waals surface area contributed by atoms with Gasteiger partial charge in [-0.1, -0.05) is 35.9 Å². The zero-order chi connectivity index (χ0) is 20.6. The summed E-state index contributed by atoms with van der Waals surface area (Å²) in [6, 6.07) is 14.3. The Morgan fingerprint density at radius 2 is 1.62 bits per heavy atom. The molecule has 1 saturated heterocycles. The number of rotatable bonds is 5. The monoisotopic (exact) mass is 432 g/mol. The summed E-state index contributed by atoms with van der Waals surface area (Å²) in [5.74, 6) is 0.353. The molecule has 0 radical (unpaired) electrons. The molecule has 0 unspecified atom stereocenters. The molecule has 150 valence electrons. The maximum absolute atomic E-state index is 12.7. The molecule has 4 rings (SSSR count). The second-order valence-corrected chi connectivity index (χ2v) is 9.04. The summed E-state index contributed by atoms with van der Waals surface area (Å²) in [6.07, 6.45) is 1.57. The van der Waals surface area contributed by atoms with Crippen molar-refractivity contribution >= 4 is 38.1 Å². The van der Waals surface area contributed by atoms with Crippen LogP contribution in [-0.4, -0.2) is 30.7 Å². The molecule has 1 aliphatic rings. The average molecular weight is 433 g/mol. The Balaban J connectivity index is 1.76. The lowest BCUT2D eigenvalue weighted by atomic mass is 10.1. The third-order valence-corrected chi connectivity index (χ3v) is 7.10. The largest absolute Gasteiger partial charge is 0.449 e. The van der Waals surface area contributed by atoms with Crippen LogP contribution in [0.25, 0.3) is 10.8 Å². The molecular formula is C20H17ClN2O5S.